The first-order chi connectivity index (χ1) is 8.19. The van der Waals surface area contributed by atoms with Crippen LogP contribution in [0, 0.1) is 0 Å². The van der Waals surface area contributed by atoms with Crippen molar-refractivity contribution in [3.05, 3.63) is 34.7 Å². The van der Waals surface area contributed by atoms with E-state index in [1.54, 1.807) is 6.92 Å². The molecule has 2 aromatic heterocycles. The smallest absolute Gasteiger partial charge is 0.306 e. The van der Waals surface area contributed by atoms with Gasteiger partial charge in [0.25, 0.3) is 0 Å². The predicted molar refractivity (Wildman–Crippen MR) is 67.8 cm³/mol. The number of carbonyl (C=O) groups excluding carboxylic acids is 1. The summed E-state index contributed by atoms with van der Waals surface area (Å²) in [4.78, 5) is 15.6. The summed E-state index contributed by atoms with van der Waals surface area (Å²) in [5.41, 5.74) is 1.78. The summed E-state index contributed by atoms with van der Waals surface area (Å²) in [7, 11) is 0. The van der Waals surface area contributed by atoms with Crippen LogP contribution in [0.2, 0.25) is 0 Å². The monoisotopic (exact) mass is 296 g/mol. The van der Waals surface area contributed by atoms with Gasteiger partial charge in [-0.2, -0.15) is 0 Å². The molecule has 0 aliphatic rings. The minimum atomic E-state index is -0.175. The lowest BCUT2D eigenvalue weighted by Crippen LogP contribution is -2.05. The van der Waals surface area contributed by atoms with Gasteiger partial charge in [-0.15, -0.1) is 0 Å². The summed E-state index contributed by atoms with van der Waals surface area (Å²) in [6.45, 7) is 2.23. The van der Waals surface area contributed by atoms with Gasteiger partial charge in [-0.3, -0.25) is 4.79 Å². The van der Waals surface area contributed by atoms with Gasteiger partial charge in [0.1, 0.15) is 5.65 Å². The summed E-state index contributed by atoms with van der Waals surface area (Å²) < 4.78 is 7.81. The van der Waals surface area contributed by atoms with Gasteiger partial charge in [0.05, 0.1) is 18.7 Å². The van der Waals surface area contributed by atoms with Crippen molar-refractivity contribution in [2.24, 2.45) is 0 Å². The number of fused-ring (bicyclic) bond motifs is 1. The molecule has 0 amide bonds. The quantitative estimate of drug-likeness (QED) is 0.815. The zero-order chi connectivity index (χ0) is 12.3. The molecule has 0 atom stereocenters. The molecule has 0 aliphatic carbocycles. The van der Waals surface area contributed by atoms with Crippen molar-refractivity contribution < 1.29 is 9.53 Å². The fourth-order valence-electron chi connectivity index (χ4n) is 1.60. The van der Waals surface area contributed by atoms with Gasteiger partial charge < -0.3 is 9.14 Å². The van der Waals surface area contributed by atoms with Crippen LogP contribution in [0.15, 0.2) is 29.0 Å². The third kappa shape index (κ3) is 3.06. The molecule has 0 saturated heterocycles. The van der Waals surface area contributed by atoms with E-state index in [2.05, 4.69) is 20.9 Å². The molecule has 2 rings (SSSR count). The van der Waals surface area contributed by atoms with Crippen molar-refractivity contribution in [3.8, 4) is 0 Å². The van der Waals surface area contributed by atoms with Crippen LogP contribution in [0.5, 0.6) is 0 Å². The molecule has 0 aliphatic heterocycles. The van der Waals surface area contributed by atoms with E-state index in [0.29, 0.717) is 19.4 Å². The fraction of sp³-hybridized carbons (Fsp3) is 0.333. The summed E-state index contributed by atoms with van der Waals surface area (Å²) in [6, 6.07) is 3.87. The minimum Gasteiger partial charge on any atom is -0.466 e. The number of imidazole rings is 1. The highest BCUT2D eigenvalue weighted by molar-refractivity contribution is 9.10. The number of nitrogens with zero attached hydrogens (tertiary/aromatic N) is 2. The lowest BCUT2D eigenvalue weighted by Gasteiger charge is -1.98. The van der Waals surface area contributed by atoms with Crippen molar-refractivity contribution in [2.45, 2.75) is 19.8 Å². The fourth-order valence-corrected chi connectivity index (χ4v) is 1.95. The number of carbonyl (C=O) groups is 1. The average molecular weight is 297 g/mol. The lowest BCUT2D eigenvalue weighted by atomic mass is 10.2. The van der Waals surface area contributed by atoms with Crippen LogP contribution in [0.1, 0.15) is 19.0 Å². The maximum atomic E-state index is 11.2. The molecule has 4 nitrogen and oxygen atoms in total. The number of ether oxygens (including phenoxy) is 1. The van der Waals surface area contributed by atoms with Gasteiger partial charge in [-0.05, 0) is 35.0 Å². The zero-order valence-electron chi connectivity index (χ0n) is 9.52. The van der Waals surface area contributed by atoms with E-state index < -0.39 is 0 Å². The average Bonchev–Trinajstić information content (AvgIpc) is 2.68. The number of aromatic nitrogens is 2. The number of hydrogen-bond donors (Lipinski definition) is 0. The molecular formula is C12H13BrN2O2. The van der Waals surface area contributed by atoms with E-state index in [-0.39, 0.29) is 5.97 Å². The summed E-state index contributed by atoms with van der Waals surface area (Å²) in [5, 5.41) is 0. The molecule has 2 aromatic rings. The molecule has 0 radical (unpaired) electrons. The number of aryl methyl sites for hydroxylation is 1. The van der Waals surface area contributed by atoms with E-state index in [0.717, 1.165) is 15.8 Å². The van der Waals surface area contributed by atoms with Crippen LogP contribution in [-0.4, -0.2) is 22.0 Å². The summed E-state index contributed by atoms with van der Waals surface area (Å²) in [6.07, 6.45) is 4.85. The van der Waals surface area contributed by atoms with Gasteiger partial charge in [-0.25, -0.2) is 4.98 Å². The van der Waals surface area contributed by atoms with Gasteiger partial charge in [0.15, 0.2) is 0 Å². The molecule has 0 bridgehead atoms. The van der Waals surface area contributed by atoms with Crippen LogP contribution in [0.25, 0.3) is 5.65 Å². The Balaban J connectivity index is 2.07. The molecule has 0 N–H and O–H groups in total. The summed E-state index contributed by atoms with van der Waals surface area (Å²) in [5.74, 6) is -0.175. The first-order valence-electron chi connectivity index (χ1n) is 5.48. The van der Waals surface area contributed by atoms with Crippen LogP contribution < -0.4 is 0 Å². The van der Waals surface area contributed by atoms with Gasteiger partial charge in [0.2, 0.25) is 0 Å². The number of rotatable bonds is 4. The highest BCUT2D eigenvalue weighted by Crippen LogP contribution is 2.13. The Hall–Kier alpha value is -1.36. The topological polar surface area (TPSA) is 43.6 Å². The standard InChI is InChI=1S/C12H13BrN2O2/c1-2-17-12(16)6-4-10-8-15-7-9(13)3-5-11(15)14-10/h3,5,7-8H,2,4,6H2,1H3. The number of pyridine rings is 1. The third-order valence-electron chi connectivity index (χ3n) is 2.36. The Morgan fingerprint density at radius 3 is 3.06 bits per heavy atom. The van der Waals surface area contributed by atoms with E-state index >= 15 is 0 Å². The Labute approximate surface area is 108 Å². The molecule has 0 aromatic carbocycles. The highest BCUT2D eigenvalue weighted by Gasteiger charge is 2.06. The Morgan fingerprint density at radius 2 is 2.29 bits per heavy atom. The maximum absolute atomic E-state index is 11.2. The highest BCUT2D eigenvalue weighted by atomic mass is 79.9. The molecule has 90 valence electrons. The normalized spacial score (nSPS) is 10.7. The largest absolute Gasteiger partial charge is 0.466 e. The first kappa shape index (κ1) is 12.1. The minimum absolute atomic E-state index is 0.175. The number of hydrogen-bond acceptors (Lipinski definition) is 3. The van der Waals surface area contributed by atoms with E-state index in [1.165, 1.54) is 0 Å². The Morgan fingerprint density at radius 1 is 1.47 bits per heavy atom. The number of esters is 1. The predicted octanol–water partition coefficient (Wildman–Crippen LogP) is 2.59. The van der Waals surface area contributed by atoms with E-state index in [9.17, 15) is 4.79 Å². The third-order valence-corrected chi connectivity index (χ3v) is 2.82. The first-order valence-corrected chi connectivity index (χ1v) is 6.27. The van der Waals surface area contributed by atoms with Crippen molar-refractivity contribution in [1.29, 1.82) is 0 Å². The SMILES string of the molecule is CCOC(=O)CCc1cn2cc(Br)ccc2n1. The van der Waals surface area contributed by atoms with E-state index in [1.807, 2.05) is 28.9 Å². The molecule has 0 saturated carbocycles. The molecule has 5 heteroatoms. The lowest BCUT2D eigenvalue weighted by molar-refractivity contribution is -0.143. The summed E-state index contributed by atoms with van der Waals surface area (Å²) >= 11 is 3.40. The van der Waals surface area contributed by atoms with Gasteiger partial charge in [0, 0.05) is 23.3 Å². The van der Waals surface area contributed by atoms with Gasteiger partial charge >= 0.3 is 5.97 Å². The number of halogens is 1. The molecule has 0 fully saturated rings. The zero-order valence-corrected chi connectivity index (χ0v) is 11.1. The van der Waals surface area contributed by atoms with Crippen LogP contribution in [0.4, 0.5) is 0 Å². The second-order valence-corrected chi connectivity index (χ2v) is 4.57. The second kappa shape index (κ2) is 5.31. The molecule has 0 unspecified atom stereocenters. The van der Waals surface area contributed by atoms with Crippen LogP contribution >= 0.6 is 15.9 Å². The van der Waals surface area contributed by atoms with Gasteiger partial charge in [-0.1, -0.05) is 0 Å². The Bertz CT molecular complexity index is 536. The Kier molecular flexibility index (Phi) is 3.78. The molecule has 0 spiro atoms. The molecule has 2 heterocycles. The van der Waals surface area contributed by atoms with Crippen LogP contribution in [-0.2, 0) is 16.0 Å². The van der Waals surface area contributed by atoms with Crippen LogP contribution in [0.3, 0.4) is 0 Å². The molecule has 17 heavy (non-hydrogen) atoms. The van der Waals surface area contributed by atoms with E-state index in [4.69, 9.17) is 4.74 Å². The molecular weight excluding hydrogens is 284 g/mol. The second-order valence-electron chi connectivity index (χ2n) is 3.65. The van der Waals surface area contributed by atoms with Crippen molar-refractivity contribution in [1.82, 2.24) is 9.38 Å². The van der Waals surface area contributed by atoms with Crippen molar-refractivity contribution in [2.75, 3.05) is 6.61 Å². The maximum Gasteiger partial charge on any atom is 0.306 e. The van der Waals surface area contributed by atoms with Crippen molar-refractivity contribution >= 4 is 27.5 Å². The van der Waals surface area contributed by atoms with Crippen molar-refractivity contribution in [3.63, 3.8) is 0 Å².